The molecule has 0 spiro atoms. The average molecular weight is 184 g/mol. The van der Waals surface area contributed by atoms with Crippen molar-refractivity contribution in [1.82, 2.24) is 0 Å². The van der Waals surface area contributed by atoms with E-state index in [1.165, 1.54) is 0 Å². The third-order valence-electron chi connectivity index (χ3n) is 0.908. The number of hydrogen-bond donors (Lipinski definition) is 1. The molecule has 0 unspecified atom stereocenters. The third-order valence-corrected chi connectivity index (χ3v) is 2.53. The molecule has 1 aliphatic rings. The van der Waals surface area contributed by atoms with Gasteiger partial charge in [-0.05, 0) is 0 Å². The number of hydrogen-bond acceptors (Lipinski definition) is 1. The van der Waals surface area contributed by atoms with E-state index in [2.05, 4.69) is 0 Å². The molecule has 0 bridgehead atoms. The van der Waals surface area contributed by atoms with Crippen LogP contribution < -0.4 is 0 Å². The van der Waals surface area contributed by atoms with Crippen molar-refractivity contribution in [2.75, 3.05) is 0 Å². The van der Waals surface area contributed by atoms with Crippen LogP contribution in [0.4, 0.5) is 0 Å². The van der Waals surface area contributed by atoms with Gasteiger partial charge in [0.15, 0.2) is 0 Å². The molecule has 0 fully saturated rings. The first kappa shape index (κ1) is 6.50. The number of carboxylic acid groups (broad SMARTS) is 1. The Morgan fingerprint density at radius 2 is 2.44 bits per heavy atom. The van der Waals surface area contributed by atoms with Gasteiger partial charge in [0.25, 0.3) is 0 Å². The summed E-state index contributed by atoms with van der Waals surface area (Å²) in [4.78, 5) is 14.0. The van der Waals surface area contributed by atoms with Crippen molar-refractivity contribution in [1.29, 1.82) is 0 Å². The molecule has 0 aromatic heterocycles. The van der Waals surface area contributed by atoms with E-state index in [0.29, 0.717) is 5.57 Å². The van der Waals surface area contributed by atoms with Crippen LogP contribution in [0.25, 0.3) is 0 Å². The van der Waals surface area contributed by atoms with Gasteiger partial charge in [-0.25, -0.2) is 0 Å². The van der Waals surface area contributed by atoms with Crippen LogP contribution in [-0.2, 0) is 4.79 Å². The first-order valence-electron chi connectivity index (χ1n) is 2.44. The molecule has 0 aliphatic carbocycles. The Labute approximate surface area is 59.1 Å². The molecule has 0 aromatic rings. The Morgan fingerprint density at radius 3 is 2.78 bits per heavy atom. The molecule has 0 saturated heterocycles. The summed E-state index contributed by atoms with van der Waals surface area (Å²) in [6, 6.07) is 0. The summed E-state index contributed by atoms with van der Waals surface area (Å²) < 4.78 is 0. The number of allylic oxidation sites excluding steroid dienone is 1. The van der Waals surface area contributed by atoms with Gasteiger partial charge in [-0.2, -0.15) is 0 Å². The van der Waals surface area contributed by atoms with Gasteiger partial charge in [0, 0.05) is 0 Å². The van der Waals surface area contributed by atoms with E-state index in [1.807, 2.05) is 4.81 Å². The van der Waals surface area contributed by atoms with Crippen molar-refractivity contribution in [2.24, 2.45) is 0 Å². The second-order valence-corrected chi connectivity index (χ2v) is 3.34. The molecule has 1 N–H and O–H groups in total. The first-order chi connectivity index (χ1) is 4.30. The zero-order valence-electron chi connectivity index (χ0n) is 4.61. The van der Waals surface area contributed by atoms with E-state index in [-0.39, 0.29) is 15.3 Å². The molecule has 0 radical (unpaired) electrons. The van der Waals surface area contributed by atoms with Crippen molar-refractivity contribution in [3.8, 4) is 0 Å². The zero-order valence-corrected chi connectivity index (χ0v) is 6.49. The molecule has 0 aromatic carbocycles. The van der Waals surface area contributed by atoms with Crippen LogP contribution in [-0.4, -0.2) is 31.2 Å². The van der Waals surface area contributed by atoms with Crippen LogP contribution in [0.3, 0.4) is 0 Å². The molecular formula is C6H5AsO2. The minimum absolute atomic E-state index is 0.0116. The van der Waals surface area contributed by atoms with Gasteiger partial charge >= 0.3 is 58.6 Å². The fourth-order valence-electron chi connectivity index (χ4n) is 0.489. The minimum atomic E-state index is -0.824. The van der Waals surface area contributed by atoms with Crippen LogP contribution in [0.15, 0.2) is 22.6 Å². The fourth-order valence-corrected chi connectivity index (χ4v) is 1.81. The van der Waals surface area contributed by atoms with E-state index in [9.17, 15) is 4.79 Å². The first-order valence-corrected chi connectivity index (χ1v) is 4.61. The van der Waals surface area contributed by atoms with Gasteiger partial charge in [-0.3, -0.25) is 0 Å². The Bertz CT molecular complexity index is 213. The van der Waals surface area contributed by atoms with E-state index in [4.69, 9.17) is 5.11 Å². The van der Waals surface area contributed by atoms with Crippen molar-refractivity contribution < 1.29 is 9.90 Å². The van der Waals surface area contributed by atoms with Gasteiger partial charge in [0.05, 0.1) is 0 Å². The summed E-state index contributed by atoms with van der Waals surface area (Å²) in [5, 5.41) is 8.42. The second-order valence-electron chi connectivity index (χ2n) is 1.55. The summed E-state index contributed by atoms with van der Waals surface area (Å²) >= 11 is 0.0116. The number of carbonyl (C=O) groups is 1. The van der Waals surface area contributed by atoms with Crippen molar-refractivity contribution in [3.05, 3.63) is 22.6 Å². The SMILES string of the molecule is O=C(O)C1=C[As]=CC=C1. The van der Waals surface area contributed by atoms with E-state index >= 15 is 0 Å². The van der Waals surface area contributed by atoms with Crippen LogP contribution in [0, 0.1) is 0 Å². The normalized spacial score (nSPS) is 17.1. The van der Waals surface area contributed by atoms with Gasteiger partial charge in [-0.15, -0.1) is 0 Å². The van der Waals surface area contributed by atoms with Crippen LogP contribution in [0.1, 0.15) is 0 Å². The van der Waals surface area contributed by atoms with E-state index in [0.717, 1.165) is 0 Å². The Morgan fingerprint density at radius 1 is 1.67 bits per heavy atom. The van der Waals surface area contributed by atoms with Gasteiger partial charge < -0.3 is 0 Å². The topological polar surface area (TPSA) is 37.3 Å². The number of aliphatic carboxylic acids is 1. The fraction of sp³-hybridized carbons (Fsp3) is 0. The van der Waals surface area contributed by atoms with Crippen molar-refractivity contribution >= 4 is 26.1 Å². The van der Waals surface area contributed by atoms with Gasteiger partial charge in [0.1, 0.15) is 0 Å². The second kappa shape index (κ2) is 2.79. The van der Waals surface area contributed by atoms with Crippen molar-refractivity contribution in [2.45, 2.75) is 0 Å². The quantitative estimate of drug-likeness (QED) is 0.583. The summed E-state index contributed by atoms with van der Waals surface area (Å²) in [5.41, 5.74) is 0.428. The summed E-state index contributed by atoms with van der Waals surface area (Å²) in [5.74, 6) is -0.824. The van der Waals surface area contributed by atoms with E-state index in [1.54, 1.807) is 17.0 Å². The molecule has 3 heteroatoms. The monoisotopic (exact) mass is 184 g/mol. The Hall–Kier alpha value is -0.622. The predicted molar refractivity (Wildman–Crippen MR) is 36.7 cm³/mol. The molecule has 1 rings (SSSR count). The van der Waals surface area contributed by atoms with Crippen LogP contribution in [0.2, 0.25) is 0 Å². The Balaban J connectivity index is 2.84. The molecule has 46 valence electrons. The number of rotatable bonds is 1. The Kier molecular flexibility index (Phi) is 2.01. The van der Waals surface area contributed by atoms with Crippen LogP contribution >= 0.6 is 0 Å². The zero-order chi connectivity index (χ0) is 6.69. The standard InChI is InChI=1S/C6H5AsO2/c8-6(9)5-2-1-3-7-4-5/h1-4H,(H,8,9). The van der Waals surface area contributed by atoms with Crippen LogP contribution in [0.5, 0.6) is 0 Å². The summed E-state index contributed by atoms with van der Waals surface area (Å²) in [6.45, 7) is 0. The molecule has 0 saturated carbocycles. The summed E-state index contributed by atoms with van der Waals surface area (Å²) in [6.07, 6.45) is 3.41. The molecule has 1 aliphatic heterocycles. The predicted octanol–water partition coefficient (Wildman–Crippen LogP) is 0.0311. The third kappa shape index (κ3) is 1.65. The maximum absolute atomic E-state index is 10.2. The molecular weight excluding hydrogens is 179 g/mol. The van der Waals surface area contributed by atoms with E-state index < -0.39 is 5.97 Å². The number of carboxylic acids is 1. The maximum atomic E-state index is 10.2. The summed E-state index contributed by atoms with van der Waals surface area (Å²) in [7, 11) is 0. The van der Waals surface area contributed by atoms with Gasteiger partial charge in [0.2, 0.25) is 0 Å². The van der Waals surface area contributed by atoms with Gasteiger partial charge in [-0.1, -0.05) is 0 Å². The molecule has 0 amide bonds. The van der Waals surface area contributed by atoms with Crippen molar-refractivity contribution in [3.63, 3.8) is 0 Å². The molecule has 1 heterocycles. The average Bonchev–Trinajstić information content (AvgIpc) is 1.90. The molecule has 9 heavy (non-hydrogen) atoms. The molecule has 2 nitrogen and oxygen atoms in total. The molecule has 0 atom stereocenters.